The maximum absolute atomic E-state index is 10.9. The summed E-state index contributed by atoms with van der Waals surface area (Å²) in [4.78, 5) is 15.1. The average molecular weight is 334 g/mol. The van der Waals surface area contributed by atoms with Crippen LogP contribution in [0.25, 0.3) is 0 Å². The summed E-state index contributed by atoms with van der Waals surface area (Å²) in [5, 5.41) is 20.2. The highest BCUT2D eigenvalue weighted by molar-refractivity contribution is 7.15. The molecule has 0 amide bonds. The number of rotatable bonds is 5. The van der Waals surface area contributed by atoms with Gasteiger partial charge in [-0.3, -0.25) is 15.0 Å². The summed E-state index contributed by atoms with van der Waals surface area (Å²) in [7, 11) is 0. The van der Waals surface area contributed by atoms with Crippen LogP contribution in [0, 0.1) is 10.1 Å². The molecule has 1 aromatic carbocycles. The Balaban J connectivity index is 1.52. The highest BCUT2D eigenvalue weighted by Gasteiger charge is 2.19. The van der Waals surface area contributed by atoms with Crippen molar-refractivity contribution < 1.29 is 4.92 Å². The van der Waals surface area contributed by atoms with E-state index in [0.717, 1.165) is 49.8 Å². The number of non-ortho nitro benzene ring substituents is 1. The number of nitro groups is 1. The van der Waals surface area contributed by atoms with E-state index in [4.69, 9.17) is 5.73 Å². The van der Waals surface area contributed by atoms with Crippen LogP contribution in [0.5, 0.6) is 0 Å². The first kappa shape index (κ1) is 15.6. The molecule has 8 nitrogen and oxygen atoms in total. The van der Waals surface area contributed by atoms with Crippen molar-refractivity contribution >= 4 is 27.8 Å². The molecule has 0 atom stereocenters. The van der Waals surface area contributed by atoms with E-state index >= 15 is 0 Å². The van der Waals surface area contributed by atoms with Crippen molar-refractivity contribution in [3.63, 3.8) is 0 Å². The molecule has 1 aromatic heterocycles. The molecule has 2 heterocycles. The van der Waals surface area contributed by atoms with E-state index in [-0.39, 0.29) is 10.6 Å². The van der Waals surface area contributed by atoms with E-state index in [0.29, 0.717) is 5.13 Å². The predicted molar refractivity (Wildman–Crippen MR) is 89.8 cm³/mol. The van der Waals surface area contributed by atoms with Crippen LogP contribution in [0.1, 0.15) is 5.01 Å². The Labute approximate surface area is 137 Å². The zero-order valence-corrected chi connectivity index (χ0v) is 13.4. The minimum atomic E-state index is -0.354. The van der Waals surface area contributed by atoms with Gasteiger partial charge in [0.15, 0.2) is 0 Å². The van der Waals surface area contributed by atoms with Crippen LogP contribution in [-0.2, 0) is 6.42 Å². The van der Waals surface area contributed by atoms with Crippen LogP contribution >= 0.6 is 11.3 Å². The molecule has 1 saturated heterocycles. The molecule has 23 heavy (non-hydrogen) atoms. The van der Waals surface area contributed by atoms with Crippen molar-refractivity contribution in [2.75, 3.05) is 43.4 Å². The molecule has 1 fully saturated rings. The predicted octanol–water partition coefficient (Wildman–Crippen LogP) is 1.39. The third-order valence-corrected chi connectivity index (χ3v) is 4.71. The monoisotopic (exact) mass is 334 g/mol. The van der Waals surface area contributed by atoms with E-state index < -0.39 is 0 Å². The molecule has 122 valence electrons. The second kappa shape index (κ2) is 6.88. The van der Waals surface area contributed by atoms with Crippen LogP contribution in [0.2, 0.25) is 0 Å². The third-order valence-electron chi connectivity index (χ3n) is 3.90. The molecule has 0 saturated carbocycles. The Kier molecular flexibility index (Phi) is 4.68. The molecule has 0 bridgehead atoms. The normalized spacial score (nSPS) is 15.7. The minimum absolute atomic E-state index is 0.138. The second-order valence-electron chi connectivity index (χ2n) is 5.39. The fraction of sp³-hybridized carbons (Fsp3) is 0.429. The van der Waals surface area contributed by atoms with Crippen molar-refractivity contribution in [3.8, 4) is 0 Å². The molecule has 2 aromatic rings. The SMILES string of the molecule is Nc1nnc(CCN2CCN(c3cccc([N+](=O)[O-])c3)CC2)s1. The van der Waals surface area contributed by atoms with E-state index in [1.807, 2.05) is 6.07 Å². The third kappa shape index (κ3) is 3.93. The van der Waals surface area contributed by atoms with E-state index in [2.05, 4.69) is 20.0 Å². The van der Waals surface area contributed by atoms with Gasteiger partial charge in [0.1, 0.15) is 5.01 Å². The fourth-order valence-electron chi connectivity index (χ4n) is 2.65. The standard InChI is InChI=1S/C14H18N6O2S/c15-14-17-16-13(23-14)4-5-18-6-8-19(9-7-18)11-2-1-3-12(10-11)20(21)22/h1-3,10H,4-9H2,(H2,15,17). The van der Waals surface area contributed by atoms with Crippen molar-refractivity contribution in [1.82, 2.24) is 15.1 Å². The molecule has 0 unspecified atom stereocenters. The minimum Gasteiger partial charge on any atom is -0.374 e. The Hall–Kier alpha value is -2.26. The second-order valence-corrected chi connectivity index (χ2v) is 6.48. The molecule has 1 aliphatic rings. The highest BCUT2D eigenvalue weighted by Crippen LogP contribution is 2.22. The lowest BCUT2D eigenvalue weighted by Gasteiger charge is -2.35. The summed E-state index contributed by atoms with van der Waals surface area (Å²) in [5.41, 5.74) is 6.63. The fourth-order valence-corrected chi connectivity index (χ4v) is 3.25. The smallest absolute Gasteiger partial charge is 0.271 e. The van der Waals surface area contributed by atoms with Gasteiger partial charge >= 0.3 is 0 Å². The maximum Gasteiger partial charge on any atom is 0.271 e. The summed E-state index contributed by atoms with van der Waals surface area (Å²) in [5.74, 6) is 0. The molecule has 0 radical (unpaired) electrons. The van der Waals surface area contributed by atoms with Gasteiger partial charge in [-0.1, -0.05) is 17.4 Å². The van der Waals surface area contributed by atoms with E-state index in [1.165, 1.54) is 17.4 Å². The van der Waals surface area contributed by atoms with Crippen LogP contribution < -0.4 is 10.6 Å². The lowest BCUT2D eigenvalue weighted by Crippen LogP contribution is -2.47. The number of aromatic nitrogens is 2. The summed E-state index contributed by atoms with van der Waals surface area (Å²) in [6.07, 6.45) is 0.853. The van der Waals surface area contributed by atoms with E-state index in [1.54, 1.807) is 12.1 Å². The number of piperazine rings is 1. The van der Waals surface area contributed by atoms with Gasteiger partial charge in [-0.05, 0) is 6.07 Å². The Morgan fingerprint density at radius 1 is 1.26 bits per heavy atom. The number of nitrogens with zero attached hydrogens (tertiary/aromatic N) is 5. The summed E-state index contributed by atoms with van der Waals surface area (Å²) in [6.45, 7) is 4.50. The number of benzene rings is 1. The zero-order chi connectivity index (χ0) is 16.2. The topological polar surface area (TPSA) is 101 Å². The Morgan fingerprint density at radius 3 is 2.70 bits per heavy atom. The summed E-state index contributed by atoms with van der Waals surface area (Å²) < 4.78 is 0. The van der Waals surface area contributed by atoms with Gasteiger partial charge in [0.25, 0.3) is 5.69 Å². The maximum atomic E-state index is 10.9. The van der Waals surface area contributed by atoms with Gasteiger partial charge in [-0.25, -0.2) is 0 Å². The van der Waals surface area contributed by atoms with Gasteiger partial charge in [0, 0.05) is 57.0 Å². The van der Waals surface area contributed by atoms with Crippen molar-refractivity contribution in [2.45, 2.75) is 6.42 Å². The molecular formula is C14H18N6O2S. The first-order valence-corrected chi connectivity index (χ1v) is 8.23. The first-order chi connectivity index (χ1) is 11.1. The molecule has 9 heteroatoms. The lowest BCUT2D eigenvalue weighted by atomic mass is 10.2. The van der Waals surface area contributed by atoms with Gasteiger partial charge < -0.3 is 10.6 Å². The Morgan fingerprint density at radius 2 is 2.04 bits per heavy atom. The number of nitro benzene ring substituents is 1. The molecule has 0 aliphatic carbocycles. The lowest BCUT2D eigenvalue weighted by molar-refractivity contribution is -0.384. The molecule has 2 N–H and O–H groups in total. The van der Waals surface area contributed by atoms with E-state index in [9.17, 15) is 10.1 Å². The van der Waals surface area contributed by atoms with Gasteiger partial charge in [-0.15, -0.1) is 10.2 Å². The highest BCUT2D eigenvalue weighted by atomic mass is 32.1. The quantitative estimate of drug-likeness (QED) is 0.651. The van der Waals surface area contributed by atoms with Crippen LogP contribution in [0.4, 0.5) is 16.5 Å². The number of nitrogen functional groups attached to an aromatic ring is 1. The van der Waals surface area contributed by atoms with Gasteiger partial charge in [0.05, 0.1) is 4.92 Å². The molecule has 3 rings (SSSR count). The zero-order valence-electron chi connectivity index (χ0n) is 12.6. The van der Waals surface area contributed by atoms with Crippen LogP contribution in [0.15, 0.2) is 24.3 Å². The molecule has 0 spiro atoms. The van der Waals surface area contributed by atoms with Crippen molar-refractivity contribution in [3.05, 3.63) is 39.4 Å². The number of anilines is 2. The molecule has 1 aliphatic heterocycles. The van der Waals surface area contributed by atoms with Crippen LogP contribution in [-0.4, -0.2) is 52.7 Å². The van der Waals surface area contributed by atoms with Crippen LogP contribution in [0.3, 0.4) is 0 Å². The largest absolute Gasteiger partial charge is 0.374 e. The Bertz CT molecular complexity index is 683. The van der Waals surface area contributed by atoms with Gasteiger partial charge in [-0.2, -0.15) is 0 Å². The van der Waals surface area contributed by atoms with Crippen molar-refractivity contribution in [1.29, 1.82) is 0 Å². The number of nitrogens with two attached hydrogens (primary N) is 1. The van der Waals surface area contributed by atoms with Crippen molar-refractivity contribution in [2.24, 2.45) is 0 Å². The van der Waals surface area contributed by atoms with Gasteiger partial charge in [0.2, 0.25) is 5.13 Å². The summed E-state index contributed by atoms with van der Waals surface area (Å²) in [6, 6.07) is 6.82. The average Bonchev–Trinajstić information content (AvgIpc) is 2.99. The summed E-state index contributed by atoms with van der Waals surface area (Å²) >= 11 is 1.43. The molecular weight excluding hydrogens is 316 g/mol. The number of hydrogen-bond acceptors (Lipinski definition) is 8. The number of hydrogen-bond donors (Lipinski definition) is 1. The first-order valence-electron chi connectivity index (χ1n) is 7.41.